The van der Waals surface area contributed by atoms with E-state index in [4.69, 9.17) is 0 Å². The maximum Gasteiger partial charge on any atom is 0.115 e. The second kappa shape index (κ2) is 9.99. The number of fused-ring (bicyclic) bond motifs is 1. The molecular weight excluding hydrogens is 434 g/mol. The lowest BCUT2D eigenvalue weighted by molar-refractivity contribution is -0.169. The van der Waals surface area contributed by atoms with Gasteiger partial charge in [-0.3, -0.25) is 4.90 Å². The summed E-state index contributed by atoms with van der Waals surface area (Å²) >= 11 is 0. The van der Waals surface area contributed by atoms with Crippen LogP contribution in [0.4, 0.5) is 0 Å². The van der Waals surface area contributed by atoms with Crippen molar-refractivity contribution in [2.45, 2.75) is 121 Å². The van der Waals surface area contributed by atoms with Gasteiger partial charge in [0.2, 0.25) is 0 Å². The van der Waals surface area contributed by atoms with Gasteiger partial charge in [0, 0.05) is 18.0 Å². The summed E-state index contributed by atoms with van der Waals surface area (Å²) in [7, 11) is 0. The van der Waals surface area contributed by atoms with Crippen LogP contribution in [0.5, 0.6) is 5.75 Å². The highest BCUT2D eigenvalue weighted by atomic mass is 16.3. The maximum atomic E-state index is 11.9. The molecule has 3 N–H and O–H groups in total. The van der Waals surface area contributed by atoms with Gasteiger partial charge in [-0.25, -0.2) is 0 Å². The number of piperidine rings is 1. The van der Waals surface area contributed by atoms with Crippen LogP contribution in [0.2, 0.25) is 0 Å². The van der Waals surface area contributed by atoms with Crippen LogP contribution in [-0.4, -0.2) is 51.1 Å². The lowest BCUT2D eigenvalue weighted by Gasteiger charge is -2.64. The molecule has 1 heterocycles. The quantitative estimate of drug-likeness (QED) is 0.508. The van der Waals surface area contributed by atoms with E-state index in [1.807, 2.05) is 12.1 Å². The van der Waals surface area contributed by atoms with Crippen LogP contribution in [0.25, 0.3) is 0 Å². The van der Waals surface area contributed by atoms with Gasteiger partial charge in [0.1, 0.15) is 5.75 Å². The van der Waals surface area contributed by atoms with Crippen molar-refractivity contribution < 1.29 is 15.3 Å². The molecule has 0 radical (unpaired) electrons. The first-order chi connectivity index (χ1) is 16.7. The summed E-state index contributed by atoms with van der Waals surface area (Å²) < 4.78 is 0. The van der Waals surface area contributed by atoms with E-state index < -0.39 is 5.60 Å². The SMILES string of the molecule is CC1CCC(C(C)C)C(O)C1.Oc1ccc2c(c1)[C@@]13CCCC[C@@]1(O)[C@@H](C2)N(CC1CCC1)CC3. The summed E-state index contributed by atoms with van der Waals surface area (Å²) in [6, 6.07) is 6.17. The molecule has 1 aromatic rings. The average molecular weight is 484 g/mol. The molecule has 4 aliphatic carbocycles. The molecule has 196 valence electrons. The molecule has 4 fully saturated rings. The average Bonchev–Trinajstić information content (AvgIpc) is 2.78. The number of benzene rings is 1. The molecule has 1 aliphatic heterocycles. The van der Waals surface area contributed by atoms with Crippen molar-refractivity contribution in [3.8, 4) is 5.75 Å². The van der Waals surface area contributed by atoms with E-state index in [0.29, 0.717) is 17.6 Å². The third-order valence-corrected chi connectivity index (χ3v) is 10.8. The Morgan fingerprint density at radius 2 is 1.80 bits per heavy atom. The van der Waals surface area contributed by atoms with E-state index in [9.17, 15) is 15.3 Å². The minimum Gasteiger partial charge on any atom is -0.508 e. The highest BCUT2D eigenvalue weighted by Gasteiger charge is 2.63. The van der Waals surface area contributed by atoms with Gasteiger partial charge in [0.05, 0.1) is 11.7 Å². The Kier molecular flexibility index (Phi) is 7.29. The predicted octanol–water partition coefficient (Wildman–Crippen LogP) is 5.81. The number of aliphatic hydroxyl groups is 2. The van der Waals surface area contributed by atoms with Crippen LogP contribution in [0.1, 0.15) is 103 Å². The van der Waals surface area contributed by atoms with Crippen molar-refractivity contribution in [2.24, 2.45) is 23.7 Å². The van der Waals surface area contributed by atoms with Crippen molar-refractivity contribution in [1.29, 1.82) is 0 Å². The minimum absolute atomic E-state index is 0.0289. The van der Waals surface area contributed by atoms with Crippen LogP contribution in [0.3, 0.4) is 0 Å². The first-order valence-electron chi connectivity index (χ1n) is 14.7. The summed E-state index contributed by atoms with van der Waals surface area (Å²) in [5.41, 5.74) is 1.89. The van der Waals surface area contributed by atoms with Gasteiger partial charge in [0.15, 0.2) is 0 Å². The Labute approximate surface area is 213 Å². The normalized spacial score (nSPS) is 39.1. The third kappa shape index (κ3) is 4.57. The van der Waals surface area contributed by atoms with Gasteiger partial charge in [0.25, 0.3) is 0 Å². The summed E-state index contributed by atoms with van der Waals surface area (Å²) in [4.78, 5) is 2.63. The Morgan fingerprint density at radius 1 is 1.03 bits per heavy atom. The Hall–Kier alpha value is -1.10. The summed E-state index contributed by atoms with van der Waals surface area (Å²) in [5, 5.41) is 31.7. The van der Waals surface area contributed by atoms with Crippen LogP contribution in [-0.2, 0) is 11.8 Å². The van der Waals surface area contributed by atoms with E-state index in [1.54, 1.807) is 0 Å². The number of hydrogen-bond acceptors (Lipinski definition) is 4. The lowest BCUT2D eigenvalue weighted by Crippen LogP contribution is -2.72. The number of aliphatic hydroxyl groups excluding tert-OH is 1. The molecule has 3 unspecified atom stereocenters. The predicted molar refractivity (Wildman–Crippen MR) is 142 cm³/mol. The molecule has 0 amide bonds. The van der Waals surface area contributed by atoms with E-state index in [2.05, 4.69) is 31.7 Å². The zero-order chi connectivity index (χ0) is 24.8. The van der Waals surface area contributed by atoms with E-state index >= 15 is 0 Å². The van der Waals surface area contributed by atoms with Gasteiger partial charge >= 0.3 is 0 Å². The van der Waals surface area contributed by atoms with Crippen LogP contribution < -0.4 is 0 Å². The summed E-state index contributed by atoms with van der Waals surface area (Å²) in [6.45, 7) is 8.95. The van der Waals surface area contributed by atoms with Gasteiger partial charge < -0.3 is 15.3 Å². The molecule has 4 nitrogen and oxygen atoms in total. The maximum absolute atomic E-state index is 11.9. The number of likely N-dealkylation sites (tertiary alicyclic amines) is 1. The highest BCUT2D eigenvalue weighted by molar-refractivity contribution is 5.48. The molecule has 3 saturated carbocycles. The van der Waals surface area contributed by atoms with Gasteiger partial charge in [-0.2, -0.15) is 0 Å². The smallest absolute Gasteiger partial charge is 0.115 e. The first kappa shape index (κ1) is 25.5. The fourth-order valence-electron chi connectivity index (χ4n) is 8.47. The zero-order valence-corrected chi connectivity index (χ0v) is 22.4. The van der Waals surface area contributed by atoms with E-state index in [-0.39, 0.29) is 17.6 Å². The molecule has 1 aromatic carbocycles. The number of aromatic hydroxyl groups is 1. The fraction of sp³-hybridized carbons (Fsp3) is 0.806. The first-order valence-corrected chi connectivity index (χ1v) is 14.7. The molecule has 2 bridgehead atoms. The van der Waals surface area contributed by atoms with E-state index in [0.717, 1.165) is 56.9 Å². The molecule has 0 spiro atoms. The number of phenols is 1. The number of hydrogen-bond donors (Lipinski definition) is 3. The van der Waals surface area contributed by atoms with Gasteiger partial charge in [-0.15, -0.1) is 0 Å². The standard InChI is InChI=1S/C21H29NO2.C10H20O/c23-17-7-6-16-12-19-21(24)9-2-1-8-20(21,18(16)13-17)10-11-22(19)14-15-4-3-5-15;1-7(2)9-5-4-8(3)6-10(9)11/h6-7,13,15,19,23-24H,1-5,8-12,14H2;7-11H,4-6H2,1-3H3/t19-,20+,21-;/m1./s1. The van der Waals surface area contributed by atoms with Crippen LogP contribution in [0.15, 0.2) is 18.2 Å². The molecular formula is C31H49NO3. The van der Waals surface area contributed by atoms with Crippen LogP contribution >= 0.6 is 0 Å². The van der Waals surface area contributed by atoms with Crippen molar-refractivity contribution in [1.82, 2.24) is 4.90 Å². The lowest BCUT2D eigenvalue weighted by atomic mass is 9.49. The summed E-state index contributed by atoms with van der Waals surface area (Å²) in [5.74, 6) is 3.15. The fourth-order valence-corrected chi connectivity index (χ4v) is 8.47. The van der Waals surface area contributed by atoms with E-state index in [1.165, 1.54) is 56.2 Å². The minimum atomic E-state index is -0.603. The zero-order valence-electron chi connectivity index (χ0n) is 22.4. The number of nitrogens with zero attached hydrogens (tertiary/aromatic N) is 1. The monoisotopic (exact) mass is 483 g/mol. The third-order valence-electron chi connectivity index (χ3n) is 10.8. The van der Waals surface area contributed by atoms with Crippen molar-refractivity contribution in [3.63, 3.8) is 0 Å². The van der Waals surface area contributed by atoms with Crippen molar-refractivity contribution in [2.75, 3.05) is 13.1 Å². The highest BCUT2D eigenvalue weighted by Crippen LogP contribution is 2.58. The molecule has 35 heavy (non-hydrogen) atoms. The van der Waals surface area contributed by atoms with Crippen LogP contribution in [0, 0.1) is 23.7 Å². The molecule has 6 atom stereocenters. The molecule has 0 aromatic heterocycles. The topological polar surface area (TPSA) is 63.9 Å². The van der Waals surface area contributed by atoms with Gasteiger partial charge in [-0.1, -0.05) is 52.5 Å². The Morgan fingerprint density at radius 3 is 2.49 bits per heavy atom. The Balaban J connectivity index is 0.000000195. The molecule has 4 heteroatoms. The molecule has 6 rings (SSSR count). The molecule has 5 aliphatic rings. The largest absolute Gasteiger partial charge is 0.508 e. The number of phenolic OH excluding ortho intramolecular Hbond substituents is 1. The Bertz CT molecular complexity index is 882. The van der Waals surface area contributed by atoms with Gasteiger partial charge in [-0.05, 0) is 105 Å². The number of rotatable bonds is 3. The van der Waals surface area contributed by atoms with Crippen molar-refractivity contribution in [3.05, 3.63) is 29.3 Å². The second-order valence-corrected chi connectivity index (χ2v) is 13.2. The second-order valence-electron chi connectivity index (χ2n) is 13.2. The van der Waals surface area contributed by atoms with Crippen molar-refractivity contribution >= 4 is 0 Å². The summed E-state index contributed by atoms with van der Waals surface area (Å²) in [6.07, 6.45) is 14.0. The molecule has 1 saturated heterocycles.